The van der Waals surface area contributed by atoms with E-state index in [0.29, 0.717) is 25.8 Å². The third-order valence-electron chi connectivity index (χ3n) is 11.6. The van der Waals surface area contributed by atoms with Gasteiger partial charge in [0, 0.05) is 43.6 Å². The molecule has 0 aromatic heterocycles. The fourth-order valence-electron chi connectivity index (χ4n) is 8.63. The number of hydrogen-bond donors (Lipinski definition) is 2. The Balaban J connectivity index is 1.79. The van der Waals surface area contributed by atoms with E-state index in [2.05, 4.69) is 18.7 Å². The highest BCUT2D eigenvalue weighted by Crippen LogP contribution is 2.45. The van der Waals surface area contributed by atoms with E-state index in [0.717, 1.165) is 0 Å². The van der Waals surface area contributed by atoms with E-state index in [1.807, 2.05) is 46.8 Å². The summed E-state index contributed by atoms with van der Waals surface area (Å²) in [6, 6.07) is -0.342. The second-order valence-corrected chi connectivity index (χ2v) is 15.3. The highest BCUT2D eigenvalue weighted by molar-refractivity contribution is 6.04. The van der Waals surface area contributed by atoms with Crippen LogP contribution in [0.15, 0.2) is 0 Å². The van der Waals surface area contributed by atoms with Crippen LogP contribution in [0.3, 0.4) is 0 Å². The molecule has 0 aliphatic carbocycles. The van der Waals surface area contributed by atoms with Gasteiger partial charge < -0.3 is 44.3 Å². The molecular weight excluding hydrogens is 594 g/mol. The van der Waals surface area contributed by atoms with Crippen molar-refractivity contribution >= 4 is 17.7 Å². The second kappa shape index (κ2) is 14.1. The van der Waals surface area contributed by atoms with Gasteiger partial charge in [-0.05, 0) is 80.4 Å². The van der Waals surface area contributed by atoms with Crippen LogP contribution in [0, 0.1) is 23.2 Å². The minimum absolute atomic E-state index is 0.0741. The highest BCUT2D eigenvalue weighted by Gasteiger charge is 2.58. The number of carbonyl (C=O) groups is 3. The zero-order valence-corrected chi connectivity index (χ0v) is 29.6. The Labute approximate surface area is 274 Å². The van der Waals surface area contributed by atoms with Crippen molar-refractivity contribution in [2.24, 2.45) is 28.9 Å². The Kier molecular flexibility index (Phi) is 11.4. The zero-order chi connectivity index (χ0) is 34.4. The van der Waals surface area contributed by atoms with E-state index in [1.54, 1.807) is 13.8 Å². The number of carbonyl (C=O) groups excluding carboxylic acids is 3. The molecule has 5 aliphatic rings. The summed E-state index contributed by atoms with van der Waals surface area (Å²) in [6.07, 6.45) is -2.20. The lowest BCUT2D eigenvalue weighted by Gasteiger charge is -2.49. The molecule has 2 bridgehead atoms. The summed E-state index contributed by atoms with van der Waals surface area (Å²) in [5, 5.41) is 11.4. The number of aliphatic hydroxyl groups is 1. The van der Waals surface area contributed by atoms with Gasteiger partial charge in [-0.25, -0.2) is 0 Å². The number of Topliss-reactive ketones (excluding diaryl/α,β-unsaturated/α-hetero) is 1. The van der Waals surface area contributed by atoms with Crippen molar-refractivity contribution in [1.29, 1.82) is 0 Å². The van der Waals surface area contributed by atoms with E-state index >= 15 is 0 Å². The van der Waals surface area contributed by atoms with Crippen LogP contribution < -0.4 is 5.73 Å². The molecule has 5 fully saturated rings. The van der Waals surface area contributed by atoms with E-state index < -0.39 is 53.1 Å². The molecule has 46 heavy (non-hydrogen) atoms. The average molecular weight is 654 g/mol. The predicted octanol–water partition coefficient (Wildman–Crippen LogP) is 2.13. The maximum absolute atomic E-state index is 14.6. The molecule has 0 radical (unpaired) electrons. The maximum atomic E-state index is 14.6. The Morgan fingerprint density at radius 1 is 1.13 bits per heavy atom. The van der Waals surface area contributed by atoms with E-state index in [4.69, 9.17) is 29.4 Å². The van der Waals surface area contributed by atoms with Crippen LogP contribution in [0.5, 0.6) is 0 Å². The second-order valence-electron chi connectivity index (χ2n) is 15.3. The first-order chi connectivity index (χ1) is 21.4. The molecule has 5 rings (SSSR count). The first kappa shape index (κ1) is 37.2. The number of likely N-dealkylation sites (N-methyl/N-ethyl adjacent to an activating group) is 1. The number of ketones is 1. The van der Waals surface area contributed by atoms with Crippen molar-refractivity contribution in [3.05, 3.63) is 0 Å². The maximum Gasteiger partial charge on any atom is 0.319 e. The van der Waals surface area contributed by atoms with Gasteiger partial charge in [0.1, 0.15) is 17.6 Å². The van der Waals surface area contributed by atoms with Crippen molar-refractivity contribution in [3.63, 3.8) is 0 Å². The average Bonchev–Trinajstić information content (AvgIpc) is 3.30. The Morgan fingerprint density at radius 3 is 2.41 bits per heavy atom. The summed E-state index contributed by atoms with van der Waals surface area (Å²) in [6.45, 7) is 14.3. The van der Waals surface area contributed by atoms with Gasteiger partial charge in [0.25, 0.3) is 0 Å². The highest BCUT2D eigenvalue weighted by atomic mass is 16.7. The lowest BCUT2D eigenvalue weighted by atomic mass is 9.70. The first-order valence-corrected chi connectivity index (χ1v) is 17.1. The molecule has 3 N–H and O–H groups in total. The van der Waals surface area contributed by atoms with Gasteiger partial charge in [-0.15, -0.1) is 0 Å². The van der Waals surface area contributed by atoms with E-state index in [-0.39, 0.29) is 67.8 Å². The molecular formula is C34H59N3O9. The lowest BCUT2D eigenvalue weighted by molar-refractivity contribution is -0.300. The molecule has 0 spiro atoms. The van der Waals surface area contributed by atoms with Crippen LogP contribution in [-0.2, 0) is 38.1 Å². The molecule has 5 saturated heterocycles. The van der Waals surface area contributed by atoms with Crippen molar-refractivity contribution in [2.45, 2.75) is 135 Å². The topological polar surface area (TPSA) is 150 Å². The number of nitrogens with two attached hydrogens (primary N) is 1. The minimum Gasteiger partial charge on any atom is -0.457 e. The monoisotopic (exact) mass is 653 g/mol. The molecule has 13 atom stereocenters. The quantitative estimate of drug-likeness (QED) is 0.331. The van der Waals surface area contributed by atoms with Crippen LogP contribution >= 0.6 is 0 Å². The van der Waals surface area contributed by atoms with Crippen molar-refractivity contribution in [1.82, 2.24) is 9.80 Å². The van der Waals surface area contributed by atoms with Crippen molar-refractivity contribution in [2.75, 3.05) is 40.8 Å². The van der Waals surface area contributed by atoms with Crippen LogP contribution in [0.25, 0.3) is 0 Å². The van der Waals surface area contributed by atoms with Gasteiger partial charge in [0.2, 0.25) is 0 Å². The van der Waals surface area contributed by atoms with Crippen LogP contribution in [0.4, 0.5) is 0 Å². The van der Waals surface area contributed by atoms with Gasteiger partial charge in [-0.1, -0.05) is 20.8 Å². The summed E-state index contributed by atoms with van der Waals surface area (Å²) in [7, 11) is 5.81. The summed E-state index contributed by atoms with van der Waals surface area (Å²) in [5.41, 5.74) is 2.46. The number of rotatable bonds is 5. The summed E-state index contributed by atoms with van der Waals surface area (Å²) < 4.78 is 31.7. The minimum atomic E-state index is -1.55. The number of nitrogens with zero attached hydrogens (tertiary/aromatic N) is 2. The lowest BCUT2D eigenvalue weighted by Crippen LogP contribution is -2.61. The van der Waals surface area contributed by atoms with E-state index in [9.17, 15) is 19.5 Å². The van der Waals surface area contributed by atoms with Gasteiger partial charge >= 0.3 is 11.9 Å². The first-order valence-electron chi connectivity index (χ1n) is 17.1. The summed E-state index contributed by atoms with van der Waals surface area (Å²) in [4.78, 5) is 45.6. The molecule has 12 nitrogen and oxygen atoms in total. The fraction of sp³-hybridized carbons (Fsp3) is 0.912. The van der Waals surface area contributed by atoms with Crippen LogP contribution in [-0.4, -0.2) is 127 Å². The SMILES string of the molecule is CC[C@H]1OC(=O)[C@@]2(C)CCO[C@@](C)(C[C@@H](C)CN(C)[C@H](C)[C@H]3CC(=O)O[C@@]31C)[C@H](O[C@@H]1OC(CN)CC(N(C)C)C1O)[C@@H](C)C2=O. The molecule has 0 aromatic carbocycles. The largest absolute Gasteiger partial charge is 0.457 e. The third kappa shape index (κ3) is 6.91. The normalized spacial score (nSPS) is 46.7. The molecule has 0 amide bonds. The Morgan fingerprint density at radius 2 is 1.80 bits per heavy atom. The molecule has 12 heteroatoms. The van der Waals surface area contributed by atoms with Gasteiger partial charge in [-0.2, -0.15) is 0 Å². The smallest absolute Gasteiger partial charge is 0.319 e. The van der Waals surface area contributed by atoms with E-state index in [1.165, 1.54) is 0 Å². The van der Waals surface area contributed by atoms with Gasteiger partial charge in [0.05, 0.1) is 24.2 Å². The van der Waals surface area contributed by atoms with Crippen molar-refractivity contribution < 1.29 is 43.2 Å². The fourth-order valence-corrected chi connectivity index (χ4v) is 8.63. The van der Waals surface area contributed by atoms with Crippen LogP contribution in [0.2, 0.25) is 0 Å². The number of aliphatic hydroxyl groups excluding tert-OH is 1. The molecule has 0 saturated carbocycles. The standard InChI is InChI=1S/C34H59N3O9/c1-11-25-34(7)23(15-26(38)46-34)21(4)37(10)18-19(2)16-33(6)29(20(3)28(40)32(5,12-13-42-33)31(41)44-25)45-30-27(39)24(36(8)9)14-22(17-35)43-30/h19-25,27,29-30,39H,11-18,35H2,1-10H3/t19-,20+,21-,22?,23-,24?,25-,27?,29-,30+,32+,33+,34+/m1/s1. The molecule has 5 aliphatic heterocycles. The predicted molar refractivity (Wildman–Crippen MR) is 171 cm³/mol. The van der Waals surface area contributed by atoms with Gasteiger partial charge in [0.15, 0.2) is 17.7 Å². The van der Waals surface area contributed by atoms with Crippen LogP contribution in [0.1, 0.15) is 80.6 Å². The molecule has 0 aromatic rings. The number of hydrogen-bond acceptors (Lipinski definition) is 12. The zero-order valence-electron chi connectivity index (χ0n) is 29.6. The summed E-state index contributed by atoms with van der Waals surface area (Å²) >= 11 is 0. The van der Waals surface area contributed by atoms with Gasteiger partial charge in [-0.3, -0.25) is 14.4 Å². The Bertz CT molecular complexity index is 1120. The molecule has 3 unspecified atom stereocenters. The number of ether oxygens (including phenoxy) is 5. The number of esters is 2. The molecule has 5 heterocycles. The third-order valence-corrected chi connectivity index (χ3v) is 11.6. The number of fused-ring (bicyclic) bond motifs is 10. The Hall–Kier alpha value is -1.67. The molecule has 264 valence electrons. The van der Waals surface area contributed by atoms with Crippen molar-refractivity contribution in [3.8, 4) is 0 Å². The summed E-state index contributed by atoms with van der Waals surface area (Å²) in [5.74, 6) is -2.28.